The van der Waals surface area contributed by atoms with Crippen molar-refractivity contribution in [3.05, 3.63) is 111 Å². The summed E-state index contributed by atoms with van der Waals surface area (Å²) in [6, 6.07) is 23.4. The molecule has 1 aliphatic rings. The maximum absolute atomic E-state index is 12.6. The van der Waals surface area contributed by atoms with E-state index in [0.717, 1.165) is 26.7 Å². The van der Waals surface area contributed by atoms with Crippen molar-refractivity contribution in [2.75, 3.05) is 6.61 Å². The van der Waals surface area contributed by atoms with E-state index in [2.05, 4.69) is 21.2 Å². The first-order valence-electron chi connectivity index (χ1n) is 11.9. The van der Waals surface area contributed by atoms with Crippen LogP contribution in [0, 0.1) is 0 Å². The van der Waals surface area contributed by atoms with Crippen LogP contribution in [0.5, 0.6) is 5.75 Å². The maximum atomic E-state index is 12.6. The SMILES string of the molecule is O=C(NC(Cc1ccc(COc2ccc(Br)cc2Cl)o1)C(=O)O)OCC1c2ccccc2-c2ccccc21. The van der Waals surface area contributed by atoms with E-state index in [4.69, 9.17) is 25.5 Å². The van der Waals surface area contributed by atoms with E-state index in [1.54, 1.807) is 30.3 Å². The van der Waals surface area contributed by atoms with Gasteiger partial charge < -0.3 is 24.3 Å². The van der Waals surface area contributed by atoms with Crippen molar-refractivity contribution in [2.45, 2.75) is 25.0 Å². The Labute approximate surface area is 232 Å². The van der Waals surface area contributed by atoms with Crippen LogP contribution in [-0.4, -0.2) is 29.8 Å². The molecule has 194 valence electrons. The minimum atomic E-state index is -1.23. The van der Waals surface area contributed by atoms with Crippen molar-refractivity contribution in [1.29, 1.82) is 0 Å². The predicted molar refractivity (Wildman–Crippen MR) is 146 cm³/mol. The summed E-state index contributed by atoms with van der Waals surface area (Å²) in [5, 5.41) is 12.6. The van der Waals surface area contributed by atoms with Gasteiger partial charge in [-0.15, -0.1) is 0 Å². The number of alkyl carbamates (subject to hydrolysis) is 1. The quantitative estimate of drug-likeness (QED) is 0.220. The molecule has 9 heteroatoms. The van der Waals surface area contributed by atoms with Gasteiger partial charge in [-0.3, -0.25) is 0 Å². The molecule has 2 N–H and O–H groups in total. The molecule has 1 aromatic heterocycles. The average molecular weight is 597 g/mol. The molecule has 1 amide bonds. The molecule has 0 spiro atoms. The topological polar surface area (TPSA) is 98.0 Å². The molecule has 1 atom stereocenters. The summed E-state index contributed by atoms with van der Waals surface area (Å²) in [6.45, 7) is 0.200. The minimum absolute atomic E-state index is 0.0570. The Hall–Kier alpha value is -3.75. The Bertz CT molecular complexity index is 1440. The largest absolute Gasteiger partial charge is 0.484 e. The number of carbonyl (C=O) groups is 2. The number of benzene rings is 3. The average Bonchev–Trinajstić information content (AvgIpc) is 3.48. The number of halogens is 2. The number of aliphatic carboxylic acids is 1. The molecule has 4 aromatic rings. The van der Waals surface area contributed by atoms with Gasteiger partial charge in [0.2, 0.25) is 0 Å². The van der Waals surface area contributed by atoms with Crippen LogP contribution >= 0.6 is 27.5 Å². The second-order valence-electron chi connectivity index (χ2n) is 8.80. The third-order valence-electron chi connectivity index (χ3n) is 6.32. The molecule has 1 aliphatic carbocycles. The number of ether oxygens (including phenoxy) is 2. The van der Waals surface area contributed by atoms with E-state index < -0.39 is 18.1 Å². The number of hydrogen-bond acceptors (Lipinski definition) is 5. The predicted octanol–water partition coefficient (Wildman–Crippen LogP) is 6.81. The first-order valence-corrected chi connectivity index (χ1v) is 13.1. The summed E-state index contributed by atoms with van der Waals surface area (Å²) in [5.74, 6) is 0.0481. The van der Waals surface area contributed by atoms with Gasteiger partial charge in [-0.2, -0.15) is 0 Å². The van der Waals surface area contributed by atoms with Crippen LogP contribution < -0.4 is 10.1 Å². The van der Waals surface area contributed by atoms with Gasteiger partial charge in [-0.25, -0.2) is 9.59 Å². The van der Waals surface area contributed by atoms with Gasteiger partial charge in [-0.05, 0) is 52.6 Å². The molecule has 0 aliphatic heterocycles. The van der Waals surface area contributed by atoms with Crippen LogP contribution in [-0.2, 0) is 22.6 Å². The Kier molecular flexibility index (Phi) is 7.72. The normalized spacial score (nSPS) is 12.9. The molecular formula is C29H23BrClNO6. The standard InChI is InChI=1S/C29H23BrClNO6/c30-17-9-12-27(25(31)13-17)36-15-19-11-10-18(38-19)14-26(28(33)34)32-29(35)37-16-24-22-7-3-1-5-20(22)21-6-2-4-8-23(21)24/h1-13,24,26H,14-16H2,(H,32,35)(H,33,34). The fraction of sp³-hybridized carbons (Fsp3) is 0.172. The summed E-state index contributed by atoms with van der Waals surface area (Å²) in [4.78, 5) is 24.4. The van der Waals surface area contributed by atoms with Gasteiger partial charge in [0.25, 0.3) is 0 Å². The van der Waals surface area contributed by atoms with E-state index in [1.807, 2.05) is 48.5 Å². The van der Waals surface area contributed by atoms with Gasteiger partial charge in [0.15, 0.2) is 0 Å². The van der Waals surface area contributed by atoms with E-state index >= 15 is 0 Å². The van der Waals surface area contributed by atoms with Gasteiger partial charge in [0.1, 0.15) is 36.5 Å². The number of amides is 1. The fourth-order valence-corrected chi connectivity index (χ4v) is 5.26. The van der Waals surface area contributed by atoms with E-state index in [-0.39, 0.29) is 25.6 Å². The molecule has 3 aromatic carbocycles. The maximum Gasteiger partial charge on any atom is 0.407 e. The molecule has 5 rings (SSSR count). The smallest absolute Gasteiger partial charge is 0.407 e. The van der Waals surface area contributed by atoms with E-state index in [9.17, 15) is 14.7 Å². The van der Waals surface area contributed by atoms with Gasteiger partial charge in [0, 0.05) is 16.8 Å². The number of carbonyl (C=O) groups excluding carboxylic acids is 1. The lowest BCUT2D eigenvalue weighted by atomic mass is 9.98. The van der Waals surface area contributed by atoms with Crippen molar-refractivity contribution in [2.24, 2.45) is 0 Å². The number of furan rings is 1. The highest BCUT2D eigenvalue weighted by molar-refractivity contribution is 9.10. The summed E-state index contributed by atoms with van der Waals surface area (Å²) < 4.78 is 17.7. The van der Waals surface area contributed by atoms with Crippen LogP contribution in [0.3, 0.4) is 0 Å². The monoisotopic (exact) mass is 595 g/mol. The lowest BCUT2D eigenvalue weighted by Crippen LogP contribution is -2.42. The van der Waals surface area contributed by atoms with Crippen molar-refractivity contribution in [3.63, 3.8) is 0 Å². The van der Waals surface area contributed by atoms with E-state index in [1.165, 1.54) is 0 Å². The van der Waals surface area contributed by atoms with Crippen LogP contribution in [0.15, 0.2) is 87.8 Å². The first kappa shape index (κ1) is 25.9. The number of rotatable bonds is 9. The molecule has 7 nitrogen and oxygen atoms in total. The Morgan fingerprint density at radius 2 is 1.63 bits per heavy atom. The zero-order chi connectivity index (χ0) is 26.6. The van der Waals surface area contributed by atoms with Gasteiger partial charge in [0.05, 0.1) is 5.02 Å². The second-order valence-corrected chi connectivity index (χ2v) is 10.1. The van der Waals surface area contributed by atoms with Crippen molar-refractivity contribution >= 4 is 39.6 Å². The van der Waals surface area contributed by atoms with Gasteiger partial charge in [-0.1, -0.05) is 76.1 Å². The molecule has 0 saturated heterocycles. The molecule has 1 heterocycles. The summed E-state index contributed by atoms with van der Waals surface area (Å²) in [5.41, 5.74) is 4.37. The van der Waals surface area contributed by atoms with Crippen molar-refractivity contribution in [1.82, 2.24) is 5.32 Å². The van der Waals surface area contributed by atoms with Crippen molar-refractivity contribution in [3.8, 4) is 16.9 Å². The molecule has 0 saturated carbocycles. The third kappa shape index (κ3) is 5.71. The third-order valence-corrected chi connectivity index (χ3v) is 7.11. The number of carboxylic acid groups (broad SMARTS) is 1. The highest BCUT2D eigenvalue weighted by Gasteiger charge is 2.30. The Morgan fingerprint density at radius 3 is 2.29 bits per heavy atom. The highest BCUT2D eigenvalue weighted by atomic mass is 79.9. The molecule has 0 radical (unpaired) electrons. The molecular weight excluding hydrogens is 574 g/mol. The second kappa shape index (κ2) is 11.3. The zero-order valence-electron chi connectivity index (χ0n) is 20.0. The van der Waals surface area contributed by atoms with Crippen LogP contribution in [0.1, 0.15) is 28.6 Å². The molecule has 1 unspecified atom stereocenters. The van der Waals surface area contributed by atoms with Crippen LogP contribution in [0.25, 0.3) is 11.1 Å². The summed E-state index contributed by atoms with van der Waals surface area (Å²) >= 11 is 9.51. The zero-order valence-corrected chi connectivity index (χ0v) is 22.4. The number of hydrogen-bond donors (Lipinski definition) is 2. The molecule has 0 fully saturated rings. The van der Waals surface area contributed by atoms with Crippen LogP contribution in [0.4, 0.5) is 4.79 Å². The molecule has 0 bridgehead atoms. The summed E-state index contributed by atoms with van der Waals surface area (Å²) in [6.07, 6.45) is -0.863. The van der Waals surface area contributed by atoms with Crippen LogP contribution in [0.2, 0.25) is 5.02 Å². The fourth-order valence-electron chi connectivity index (χ4n) is 4.53. The lowest BCUT2D eigenvalue weighted by Gasteiger charge is -2.17. The lowest BCUT2D eigenvalue weighted by molar-refractivity contribution is -0.139. The summed E-state index contributed by atoms with van der Waals surface area (Å²) in [7, 11) is 0. The van der Waals surface area contributed by atoms with Crippen molar-refractivity contribution < 1.29 is 28.6 Å². The molecule has 38 heavy (non-hydrogen) atoms. The highest BCUT2D eigenvalue weighted by Crippen LogP contribution is 2.44. The number of carboxylic acids is 1. The van der Waals surface area contributed by atoms with Gasteiger partial charge >= 0.3 is 12.1 Å². The first-order chi connectivity index (χ1) is 18.4. The number of fused-ring (bicyclic) bond motifs is 3. The van der Waals surface area contributed by atoms with E-state index in [0.29, 0.717) is 22.3 Å². The Balaban J connectivity index is 1.18. The minimum Gasteiger partial charge on any atom is -0.484 e. The Morgan fingerprint density at radius 1 is 0.974 bits per heavy atom. The number of nitrogens with one attached hydrogen (secondary N) is 1.